The van der Waals surface area contributed by atoms with Crippen LogP contribution in [0.1, 0.15) is 16.7 Å². The van der Waals surface area contributed by atoms with Crippen LogP contribution in [0, 0.1) is 13.8 Å². The second-order valence-electron chi connectivity index (χ2n) is 4.94. The number of hydrogen-bond donors (Lipinski definition) is 1. The van der Waals surface area contributed by atoms with Crippen molar-refractivity contribution < 1.29 is 13.2 Å². The molecule has 0 radical (unpaired) electrons. The van der Waals surface area contributed by atoms with Gasteiger partial charge in [0.05, 0.1) is 12.0 Å². The molecule has 0 heterocycles. The fourth-order valence-electron chi connectivity index (χ4n) is 2.03. The highest BCUT2D eigenvalue weighted by molar-refractivity contribution is 7.89. The molecule has 0 saturated heterocycles. The maximum Gasteiger partial charge on any atom is 0.240 e. The Kier molecular flexibility index (Phi) is 4.65. The first-order valence-electron chi connectivity index (χ1n) is 6.62. The van der Waals surface area contributed by atoms with Gasteiger partial charge in [0.2, 0.25) is 10.0 Å². The minimum Gasteiger partial charge on any atom is -0.496 e. The molecular formula is C16H19NO3S. The van der Waals surface area contributed by atoms with Gasteiger partial charge in [-0.25, -0.2) is 13.1 Å². The molecule has 0 unspecified atom stereocenters. The highest BCUT2D eigenvalue weighted by Gasteiger charge is 2.13. The van der Waals surface area contributed by atoms with E-state index in [2.05, 4.69) is 4.72 Å². The summed E-state index contributed by atoms with van der Waals surface area (Å²) in [6.45, 7) is 4.10. The third-order valence-electron chi connectivity index (χ3n) is 3.26. The summed E-state index contributed by atoms with van der Waals surface area (Å²) < 4.78 is 32.2. The maximum absolute atomic E-state index is 12.2. The summed E-state index contributed by atoms with van der Waals surface area (Å²) in [7, 11) is -1.87. The summed E-state index contributed by atoms with van der Waals surface area (Å²) in [5, 5.41) is 0. The minimum absolute atomic E-state index is 0.251. The van der Waals surface area contributed by atoms with Crippen LogP contribution in [0.4, 0.5) is 0 Å². The molecule has 21 heavy (non-hydrogen) atoms. The topological polar surface area (TPSA) is 55.4 Å². The molecule has 0 aliphatic carbocycles. The van der Waals surface area contributed by atoms with Crippen molar-refractivity contribution in [1.29, 1.82) is 0 Å². The van der Waals surface area contributed by atoms with Gasteiger partial charge in [0.25, 0.3) is 0 Å². The maximum atomic E-state index is 12.2. The highest BCUT2D eigenvalue weighted by atomic mass is 32.2. The van der Waals surface area contributed by atoms with Gasteiger partial charge in [-0.1, -0.05) is 29.8 Å². The standard InChI is InChI=1S/C16H19NO3S/c1-12-4-7-15(8-5-12)21(18,19)17-11-14-6-9-16(20-3)13(2)10-14/h4-10,17H,11H2,1-3H3. The lowest BCUT2D eigenvalue weighted by Crippen LogP contribution is -2.23. The second kappa shape index (κ2) is 6.28. The van der Waals surface area contributed by atoms with E-state index < -0.39 is 10.0 Å². The Morgan fingerprint density at radius 1 is 1.05 bits per heavy atom. The van der Waals surface area contributed by atoms with Crippen molar-refractivity contribution in [3.63, 3.8) is 0 Å². The van der Waals surface area contributed by atoms with Crippen LogP contribution in [0.3, 0.4) is 0 Å². The van der Waals surface area contributed by atoms with Gasteiger partial charge in [0, 0.05) is 6.54 Å². The number of ether oxygens (including phenoxy) is 1. The van der Waals surface area contributed by atoms with E-state index in [1.165, 1.54) is 0 Å². The van der Waals surface area contributed by atoms with Gasteiger partial charge in [-0.15, -0.1) is 0 Å². The molecule has 0 aliphatic rings. The van der Waals surface area contributed by atoms with Crippen LogP contribution in [0.15, 0.2) is 47.4 Å². The monoisotopic (exact) mass is 305 g/mol. The lowest BCUT2D eigenvalue weighted by Gasteiger charge is -2.09. The molecule has 0 atom stereocenters. The summed E-state index contributed by atoms with van der Waals surface area (Å²) >= 11 is 0. The highest BCUT2D eigenvalue weighted by Crippen LogP contribution is 2.19. The van der Waals surface area contributed by atoms with E-state index in [0.29, 0.717) is 0 Å². The first-order chi connectivity index (χ1) is 9.92. The van der Waals surface area contributed by atoms with Crippen molar-refractivity contribution in [3.05, 3.63) is 59.2 Å². The molecule has 2 rings (SSSR count). The van der Waals surface area contributed by atoms with Gasteiger partial charge in [-0.3, -0.25) is 0 Å². The number of aryl methyl sites for hydroxylation is 2. The van der Waals surface area contributed by atoms with Crippen LogP contribution in [0.25, 0.3) is 0 Å². The SMILES string of the molecule is COc1ccc(CNS(=O)(=O)c2ccc(C)cc2)cc1C. The van der Waals surface area contributed by atoms with E-state index in [1.54, 1.807) is 31.4 Å². The van der Waals surface area contributed by atoms with Crippen molar-refractivity contribution in [3.8, 4) is 5.75 Å². The zero-order valence-electron chi connectivity index (χ0n) is 12.4. The fraction of sp³-hybridized carbons (Fsp3) is 0.250. The molecule has 0 aromatic heterocycles. The van der Waals surface area contributed by atoms with Crippen LogP contribution in [0.2, 0.25) is 0 Å². The van der Waals surface area contributed by atoms with E-state index in [0.717, 1.165) is 22.4 Å². The van der Waals surface area contributed by atoms with Crippen LogP contribution in [-0.4, -0.2) is 15.5 Å². The summed E-state index contributed by atoms with van der Waals surface area (Å²) in [5.41, 5.74) is 2.90. The molecule has 1 N–H and O–H groups in total. The first-order valence-corrected chi connectivity index (χ1v) is 8.10. The molecule has 0 bridgehead atoms. The van der Waals surface area contributed by atoms with E-state index in [1.807, 2.05) is 32.0 Å². The number of benzene rings is 2. The van der Waals surface area contributed by atoms with Gasteiger partial charge in [-0.05, 0) is 43.2 Å². The largest absolute Gasteiger partial charge is 0.496 e. The minimum atomic E-state index is -3.49. The molecule has 0 amide bonds. The van der Waals surface area contributed by atoms with Gasteiger partial charge >= 0.3 is 0 Å². The van der Waals surface area contributed by atoms with Crippen molar-refractivity contribution in [2.45, 2.75) is 25.3 Å². The van der Waals surface area contributed by atoms with Crippen LogP contribution in [-0.2, 0) is 16.6 Å². The summed E-state index contributed by atoms with van der Waals surface area (Å²) in [6.07, 6.45) is 0. The Labute approximate surface area is 125 Å². The van der Waals surface area contributed by atoms with E-state index in [4.69, 9.17) is 4.74 Å². The first kappa shape index (κ1) is 15.5. The zero-order valence-corrected chi connectivity index (χ0v) is 13.2. The van der Waals surface area contributed by atoms with Gasteiger partial charge in [-0.2, -0.15) is 0 Å². The molecule has 112 valence electrons. The van der Waals surface area contributed by atoms with Gasteiger partial charge < -0.3 is 4.74 Å². The molecule has 4 nitrogen and oxygen atoms in total. The number of rotatable bonds is 5. The Hall–Kier alpha value is -1.85. The van der Waals surface area contributed by atoms with Gasteiger partial charge in [0.1, 0.15) is 5.75 Å². The number of sulfonamides is 1. The number of methoxy groups -OCH3 is 1. The average Bonchev–Trinajstić information content (AvgIpc) is 2.46. The van der Waals surface area contributed by atoms with Crippen LogP contribution >= 0.6 is 0 Å². The number of hydrogen-bond acceptors (Lipinski definition) is 3. The van der Waals surface area contributed by atoms with E-state index >= 15 is 0 Å². The van der Waals surface area contributed by atoms with Crippen molar-refractivity contribution >= 4 is 10.0 Å². The molecular weight excluding hydrogens is 286 g/mol. The molecule has 0 spiro atoms. The van der Waals surface area contributed by atoms with Crippen LogP contribution in [0.5, 0.6) is 5.75 Å². The van der Waals surface area contributed by atoms with E-state index in [-0.39, 0.29) is 11.4 Å². The van der Waals surface area contributed by atoms with Gasteiger partial charge in [0.15, 0.2) is 0 Å². The fourth-order valence-corrected chi connectivity index (χ4v) is 3.05. The Bertz CT molecular complexity index is 722. The third kappa shape index (κ3) is 3.83. The third-order valence-corrected chi connectivity index (χ3v) is 4.67. The van der Waals surface area contributed by atoms with Crippen molar-refractivity contribution in [1.82, 2.24) is 4.72 Å². The summed E-state index contributed by atoms with van der Waals surface area (Å²) in [4.78, 5) is 0.276. The molecule has 5 heteroatoms. The molecule has 2 aromatic rings. The van der Waals surface area contributed by atoms with E-state index in [9.17, 15) is 8.42 Å². The molecule has 2 aromatic carbocycles. The predicted octanol–water partition coefficient (Wildman–Crippen LogP) is 2.79. The van der Waals surface area contributed by atoms with Crippen molar-refractivity contribution in [2.24, 2.45) is 0 Å². The van der Waals surface area contributed by atoms with Crippen molar-refractivity contribution in [2.75, 3.05) is 7.11 Å². The lowest BCUT2D eigenvalue weighted by atomic mass is 10.1. The Morgan fingerprint density at radius 2 is 1.71 bits per heavy atom. The predicted molar refractivity (Wildman–Crippen MR) is 82.9 cm³/mol. The smallest absolute Gasteiger partial charge is 0.240 e. The quantitative estimate of drug-likeness (QED) is 0.924. The number of nitrogens with one attached hydrogen (secondary N) is 1. The second-order valence-corrected chi connectivity index (χ2v) is 6.71. The molecule has 0 saturated carbocycles. The Balaban J connectivity index is 2.11. The average molecular weight is 305 g/mol. The molecule has 0 fully saturated rings. The Morgan fingerprint density at radius 3 is 2.29 bits per heavy atom. The summed E-state index contributed by atoms with van der Waals surface area (Å²) in [5.74, 6) is 0.792. The van der Waals surface area contributed by atoms with Crippen LogP contribution < -0.4 is 9.46 Å². The molecule has 0 aliphatic heterocycles. The lowest BCUT2D eigenvalue weighted by molar-refractivity contribution is 0.411. The zero-order chi connectivity index (χ0) is 15.5. The normalized spacial score (nSPS) is 11.4. The summed E-state index contributed by atoms with van der Waals surface area (Å²) in [6, 6.07) is 12.4.